The van der Waals surface area contributed by atoms with Crippen molar-refractivity contribution < 1.29 is 24.5 Å². The van der Waals surface area contributed by atoms with E-state index in [1.807, 2.05) is 0 Å². The lowest BCUT2D eigenvalue weighted by molar-refractivity contribution is -0.143. The van der Waals surface area contributed by atoms with Crippen LogP contribution in [0.3, 0.4) is 0 Å². The minimum absolute atomic E-state index is 0.00863. The van der Waals surface area contributed by atoms with Gasteiger partial charge in [-0.05, 0) is 25.7 Å². The average molecular weight is 836 g/mol. The number of ether oxygens (including phenoxy) is 1. The number of amides is 1. The van der Waals surface area contributed by atoms with Crippen molar-refractivity contribution >= 4 is 11.9 Å². The maximum Gasteiger partial charge on any atom is 0.305 e. The van der Waals surface area contributed by atoms with Gasteiger partial charge in [0.25, 0.3) is 0 Å². The van der Waals surface area contributed by atoms with Crippen molar-refractivity contribution in [1.82, 2.24) is 5.32 Å². The van der Waals surface area contributed by atoms with Gasteiger partial charge in [-0.15, -0.1) is 0 Å². The van der Waals surface area contributed by atoms with E-state index in [-0.39, 0.29) is 18.5 Å². The summed E-state index contributed by atoms with van der Waals surface area (Å²) in [6, 6.07) is -0.553. The van der Waals surface area contributed by atoms with E-state index in [1.54, 1.807) is 0 Å². The van der Waals surface area contributed by atoms with Gasteiger partial charge in [-0.25, -0.2) is 0 Å². The number of aliphatic hydroxyl groups excluding tert-OH is 2. The van der Waals surface area contributed by atoms with Gasteiger partial charge in [-0.3, -0.25) is 9.59 Å². The number of nitrogens with one attached hydrogen (secondary N) is 1. The molecule has 0 aliphatic rings. The van der Waals surface area contributed by atoms with Gasteiger partial charge in [0, 0.05) is 12.8 Å². The third kappa shape index (κ3) is 46.2. The van der Waals surface area contributed by atoms with E-state index in [4.69, 9.17) is 4.74 Å². The highest BCUT2D eigenvalue weighted by Gasteiger charge is 2.20. The number of unbranched alkanes of at least 4 members (excludes halogenated alkanes) is 39. The van der Waals surface area contributed by atoms with Gasteiger partial charge in [0.05, 0.1) is 25.4 Å². The highest BCUT2D eigenvalue weighted by atomic mass is 16.5. The molecule has 0 aromatic carbocycles. The van der Waals surface area contributed by atoms with E-state index < -0.39 is 12.1 Å². The Hall–Kier alpha value is -1.14. The lowest BCUT2D eigenvalue weighted by Gasteiger charge is -2.22. The van der Waals surface area contributed by atoms with Crippen LogP contribution in [0.5, 0.6) is 0 Å². The number of hydrogen-bond donors (Lipinski definition) is 3. The van der Waals surface area contributed by atoms with Crippen molar-refractivity contribution in [1.29, 1.82) is 0 Å². The van der Waals surface area contributed by atoms with E-state index in [0.29, 0.717) is 25.9 Å². The summed E-state index contributed by atoms with van der Waals surface area (Å²) in [7, 11) is 0. The molecule has 2 atom stereocenters. The first-order valence-electron chi connectivity index (χ1n) is 26.8. The Balaban J connectivity index is 3.42. The van der Waals surface area contributed by atoms with E-state index >= 15 is 0 Å². The first kappa shape index (κ1) is 57.9. The molecular weight excluding hydrogens is 731 g/mol. The zero-order chi connectivity index (χ0) is 43.0. The van der Waals surface area contributed by atoms with Crippen LogP contribution in [0.15, 0.2) is 0 Å². The van der Waals surface area contributed by atoms with Crippen LogP contribution in [-0.4, -0.2) is 47.4 Å². The van der Waals surface area contributed by atoms with Crippen LogP contribution in [0.1, 0.15) is 303 Å². The Morgan fingerprint density at radius 3 is 1.03 bits per heavy atom. The number of esters is 1. The third-order valence-corrected chi connectivity index (χ3v) is 12.7. The molecule has 3 N–H and O–H groups in total. The van der Waals surface area contributed by atoms with Crippen molar-refractivity contribution in [2.24, 2.45) is 0 Å². The van der Waals surface area contributed by atoms with Crippen LogP contribution in [0.25, 0.3) is 0 Å². The Morgan fingerprint density at radius 2 is 0.695 bits per heavy atom. The van der Waals surface area contributed by atoms with Crippen molar-refractivity contribution in [2.45, 2.75) is 315 Å². The van der Waals surface area contributed by atoms with Crippen molar-refractivity contribution in [3.63, 3.8) is 0 Å². The van der Waals surface area contributed by atoms with Gasteiger partial charge in [0.15, 0.2) is 0 Å². The van der Waals surface area contributed by atoms with E-state index in [1.165, 1.54) is 212 Å². The number of rotatable bonds is 50. The molecule has 1 amide bonds. The highest BCUT2D eigenvalue weighted by molar-refractivity contribution is 5.76. The van der Waals surface area contributed by atoms with Crippen LogP contribution in [-0.2, 0) is 14.3 Å². The Morgan fingerprint density at radius 1 is 0.407 bits per heavy atom. The molecule has 0 aromatic rings. The molecule has 0 aromatic heterocycles. The van der Waals surface area contributed by atoms with Gasteiger partial charge in [0.1, 0.15) is 0 Å². The highest BCUT2D eigenvalue weighted by Crippen LogP contribution is 2.17. The average Bonchev–Trinajstić information content (AvgIpc) is 3.24. The molecule has 0 spiro atoms. The third-order valence-electron chi connectivity index (χ3n) is 12.7. The largest absolute Gasteiger partial charge is 0.466 e. The normalized spacial score (nSPS) is 12.5. The molecule has 0 bridgehead atoms. The van der Waals surface area contributed by atoms with Crippen molar-refractivity contribution in [2.75, 3.05) is 13.2 Å². The van der Waals surface area contributed by atoms with Gasteiger partial charge in [0.2, 0.25) is 5.91 Å². The van der Waals surface area contributed by atoms with Crippen LogP contribution in [0.2, 0.25) is 0 Å². The Kier molecular flexibility index (Phi) is 48.6. The summed E-state index contributed by atoms with van der Waals surface area (Å²) < 4.78 is 5.47. The molecule has 352 valence electrons. The fourth-order valence-corrected chi connectivity index (χ4v) is 8.52. The predicted molar refractivity (Wildman–Crippen MR) is 255 cm³/mol. The molecular formula is C53H105NO5. The molecule has 59 heavy (non-hydrogen) atoms. The second-order valence-corrected chi connectivity index (χ2v) is 18.6. The summed E-state index contributed by atoms with van der Waals surface area (Å²) in [6.45, 7) is 4.93. The molecule has 0 rings (SSSR count). The summed E-state index contributed by atoms with van der Waals surface area (Å²) in [5.74, 6) is -0.0605. The second kappa shape index (κ2) is 49.5. The number of hydrogen-bond acceptors (Lipinski definition) is 5. The molecule has 2 unspecified atom stereocenters. The number of carbonyl (C=O) groups is 2. The van der Waals surface area contributed by atoms with Crippen molar-refractivity contribution in [3.8, 4) is 0 Å². The molecule has 6 nitrogen and oxygen atoms in total. The lowest BCUT2D eigenvalue weighted by atomic mass is 10.0. The summed E-state index contributed by atoms with van der Waals surface area (Å²) in [4.78, 5) is 24.5. The standard InChI is InChI=1S/C53H105NO5/c1-3-5-7-9-11-13-15-17-18-19-20-21-23-27-31-35-39-43-47-53(58)59-48-44-40-36-32-28-24-26-30-34-38-42-46-52(57)54-50(49-55)51(56)45-41-37-33-29-25-22-16-14-12-10-8-6-4-2/h50-51,55-56H,3-49H2,1-2H3,(H,54,57). The summed E-state index contributed by atoms with van der Waals surface area (Å²) in [5.41, 5.74) is 0. The van der Waals surface area contributed by atoms with Crippen molar-refractivity contribution in [3.05, 3.63) is 0 Å². The van der Waals surface area contributed by atoms with Gasteiger partial charge in [-0.1, -0.05) is 264 Å². The fourth-order valence-electron chi connectivity index (χ4n) is 8.52. The zero-order valence-corrected chi connectivity index (χ0v) is 40.0. The van der Waals surface area contributed by atoms with Crippen LogP contribution in [0, 0.1) is 0 Å². The first-order valence-corrected chi connectivity index (χ1v) is 26.8. The summed E-state index contributed by atoms with van der Waals surface area (Å²) in [6.07, 6.45) is 55.0. The molecule has 0 radical (unpaired) electrons. The predicted octanol–water partition coefficient (Wildman–Crippen LogP) is 16.0. The number of carbonyl (C=O) groups excluding carboxylic acids is 2. The minimum Gasteiger partial charge on any atom is -0.466 e. The number of aliphatic hydroxyl groups is 2. The fraction of sp³-hybridized carbons (Fsp3) is 0.962. The van der Waals surface area contributed by atoms with Gasteiger partial charge >= 0.3 is 5.97 Å². The zero-order valence-electron chi connectivity index (χ0n) is 40.0. The Labute approximate surface area is 368 Å². The smallest absolute Gasteiger partial charge is 0.305 e. The molecule has 0 saturated heterocycles. The maximum atomic E-state index is 12.4. The second-order valence-electron chi connectivity index (χ2n) is 18.6. The molecule has 0 heterocycles. The lowest BCUT2D eigenvalue weighted by Crippen LogP contribution is -2.45. The monoisotopic (exact) mass is 836 g/mol. The molecule has 0 saturated carbocycles. The summed E-state index contributed by atoms with van der Waals surface area (Å²) in [5, 5.41) is 23.2. The van der Waals surface area contributed by atoms with E-state index in [2.05, 4.69) is 19.2 Å². The SMILES string of the molecule is CCCCCCCCCCCCCCCCCCCCC(=O)OCCCCCCCCCCCCCC(=O)NC(CO)C(O)CCCCCCCCCCCCCCC. The molecule has 0 fully saturated rings. The van der Waals surface area contributed by atoms with Crippen LogP contribution < -0.4 is 5.32 Å². The van der Waals surface area contributed by atoms with Crippen LogP contribution in [0.4, 0.5) is 0 Å². The van der Waals surface area contributed by atoms with E-state index in [9.17, 15) is 19.8 Å². The topological polar surface area (TPSA) is 95.9 Å². The quantitative estimate of drug-likeness (QED) is 0.0419. The Bertz CT molecular complexity index is 837. The summed E-state index contributed by atoms with van der Waals surface area (Å²) >= 11 is 0. The first-order chi connectivity index (χ1) is 29.0. The van der Waals surface area contributed by atoms with Gasteiger partial charge in [-0.2, -0.15) is 0 Å². The molecule has 0 aliphatic heterocycles. The molecule has 6 heteroatoms. The molecule has 0 aliphatic carbocycles. The van der Waals surface area contributed by atoms with Gasteiger partial charge < -0.3 is 20.3 Å². The van der Waals surface area contributed by atoms with E-state index in [0.717, 1.165) is 57.8 Å². The van der Waals surface area contributed by atoms with Crippen LogP contribution >= 0.6 is 0 Å². The maximum absolute atomic E-state index is 12.4. The minimum atomic E-state index is -0.674.